The monoisotopic (exact) mass is 329 g/mol. The van der Waals surface area contributed by atoms with Gasteiger partial charge < -0.3 is 10.6 Å². The van der Waals surface area contributed by atoms with Crippen LogP contribution >= 0.6 is 0 Å². The number of nitrogens with two attached hydrogens (primary N) is 1. The van der Waals surface area contributed by atoms with Gasteiger partial charge in [0, 0.05) is 31.0 Å². The molecule has 0 bridgehead atoms. The van der Waals surface area contributed by atoms with Crippen molar-refractivity contribution >= 4 is 17.7 Å². The number of amides is 3. The Labute approximate surface area is 141 Å². The van der Waals surface area contributed by atoms with Gasteiger partial charge in [-0.2, -0.15) is 0 Å². The fourth-order valence-corrected chi connectivity index (χ4v) is 3.50. The number of likely N-dealkylation sites (tertiary alicyclic amines) is 2. The van der Waals surface area contributed by atoms with Gasteiger partial charge in [-0.25, -0.2) is 0 Å². The van der Waals surface area contributed by atoms with Crippen LogP contribution in [0.15, 0.2) is 24.3 Å². The van der Waals surface area contributed by atoms with Crippen LogP contribution in [0.5, 0.6) is 0 Å². The number of carbonyl (C=O) groups is 3. The van der Waals surface area contributed by atoms with E-state index in [0.717, 1.165) is 12.0 Å². The van der Waals surface area contributed by atoms with E-state index in [1.54, 1.807) is 12.1 Å². The van der Waals surface area contributed by atoms with Gasteiger partial charge in [-0.05, 0) is 43.5 Å². The largest absolute Gasteiger partial charge is 0.336 e. The minimum absolute atomic E-state index is 0.0123. The molecule has 2 unspecified atom stereocenters. The highest BCUT2D eigenvalue weighted by atomic mass is 16.2. The first kappa shape index (κ1) is 16.6. The molecule has 6 nitrogen and oxygen atoms in total. The lowest BCUT2D eigenvalue weighted by molar-refractivity contribution is -0.139. The summed E-state index contributed by atoms with van der Waals surface area (Å²) in [5, 5.41) is 0. The van der Waals surface area contributed by atoms with Gasteiger partial charge in [0.2, 0.25) is 11.8 Å². The van der Waals surface area contributed by atoms with Gasteiger partial charge in [0.25, 0.3) is 5.91 Å². The molecule has 1 aromatic rings. The highest BCUT2D eigenvalue weighted by Crippen LogP contribution is 2.24. The minimum Gasteiger partial charge on any atom is -0.336 e. The molecule has 2 aliphatic heterocycles. The number of imide groups is 1. The van der Waals surface area contributed by atoms with E-state index in [0.29, 0.717) is 37.4 Å². The summed E-state index contributed by atoms with van der Waals surface area (Å²) in [6.07, 6.45) is 1.54. The highest BCUT2D eigenvalue weighted by molar-refractivity contribution is 6.01. The molecule has 3 amide bonds. The Morgan fingerprint density at radius 1 is 1.17 bits per heavy atom. The van der Waals surface area contributed by atoms with Crippen molar-refractivity contribution in [3.8, 4) is 0 Å². The van der Waals surface area contributed by atoms with Crippen molar-refractivity contribution in [2.24, 2.45) is 11.7 Å². The van der Waals surface area contributed by atoms with Gasteiger partial charge >= 0.3 is 0 Å². The van der Waals surface area contributed by atoms with E-state index in [9.17, 15) is 14.4 Å². The molecule has 0 aromatic heterocycles. The maximum Gasteiger partial charge on any atom is 0.254 e. The van der Waals surface area contributed by atoms with Gasteiger partial charge in [-0.15, -0.1) is 0 Å². The van der Waals surface area contributed by atoms with Gasteiger partial charge in [0.15, 0.2) is 0 Å². The summed E-state index contributed by atoms with van der Waals surface area (Å²) in [6.45, 7) is 3.63. The number of carbonyl (C=O) groups excluding carboxylic acids is 3. The van der Waals surface area contributed by atoms with E-state index in [2.05, 4.69) is 0 Å². The number of hydrogen-bond acceptors (Lipinski definition) is 4. The van der Waals surface area contributed by atoms with Gasteiger partial charge in [-0.1, -0.05) is 12.1 Å². The molecule has 2 fully saturated rings. The van der Waals surface area contributed by atoms with Gasteiger partial charge in [-0.3, -0.25) is 19.3 Å². The lowest BCUT2D eigenvalue weighted by atomic mass is 10.1. The molecular weight excluding hydrogens is 306 g/mol. The van der Waals surface area contributed by atoms with Gasteiger partial charge in [0.1, 0.15) is 0 Å². The van der Waals surface area contributed by atoms with Crippen molar-refractivity contribution in [1.29, 1.82) is 0 Å². The first-order chi connectivity index (χ1) is 11.5. The van der Waals surface area contributed by atoms with Gasteiger partial charge in [0.05, 0.1) is 6.54 Å². The number of nitrogens with zero attached hydrogens (tertiary/aromatic N) is 2. The zero-order valence-corrected chi connectivity index (χ0v) is 13.9. The van der Waals surface area contributed by atoms with Crippen LogP contribution < -0.4 is 5.73 Å². The quantitative estimate of drug-likeness (QED) is 0.840. The lowest BCUT2D eigenvalue weighted by Gasteiger charge is -2.22. The van der Waals surface area contributed by atoms with Crippen molar-refractivity contribution < 1.29 is 14.4 Å². The second-order valence-electron chi connectivity index (χ2n) is 6.71. The van der Waals surface area contributed by atoms with Crippen LogP contribution in [0.4, 0.5) is 0 Å². The number of hydrogen-bond donors (Lipinski definition) is 1. The predicted molar refractivity (Wildman–Crippen MR) is 88.9 cm³/mol. The topological polar surface area (TPSA) is 83.7 Å². The average Bonchev–Trinajstić information content (AvgIpc) is 3.12. The fourth-order valence-electron chi connectivity index (χ4n) is 3.50. The van der Waals surface area contributed by atoms with Crippen LogP contribution in [0.1, 0.15) is 42.1 Å². The lowest BCUT2D eigenvalue weighted by Crippen LogP contribution is -2.34. The van der Waals surface area contributed by atoms with Crippen molar-refractivity contribution in [3.63, 3.8) is 0 Å². The molecule has 3 rings (SSSR count). The Balaban J connectivity index is 1.67. The summed E-state index contributed by atoms with van der Waals surface area (Å²) in [5.74, 6) is 0.131. The van der Waals surface area contributed by atoms with E-state index in [1.165, 1.54) is 4.90 Å². The molecule has 1 aromatic carbocycles. The van der Waals surface area contributed by atoms with E-state index in [-0.39, 0.29) is 30.3 Å². The minimum atomic E-state index is -0.126. The van der Waals surface area contributed by atoms with Crippen LogP contribution in [0.3, 0.4) is 0 Å². The van der Waals surface area contributed by atoms with E-state index >= 15 is 0 Å². The third-order valence-corrected chi connectivity index (χ3v) is 4.95. The zero-order chi connectivity index (χ0) is 17.3. The SMILES string of the molecule is CC1CC(CN)CN1C(=O)c1ccc(CN2C(=O)CCC2=O)cc1. The second-order valence-corrected chi connectivity index (χ2v) is 6.71. The summed E-state index contributed by atoms with van der Waals surface area (Å²) in [7, 11) is 0. The molecule has 0 aliphatic carbocycles. The Hall–Kier alpha value is -2.21. The summed E-state index contributed by atoms with van der Waals surface area (Å²) >= 11 is 0. The number of benzene rings is 1. The Morgan fingerprint density at radius 3 is 2.33 bits per heavy atom. The van der Waals surface area contributed by atoms with E-state index in [4.69, 9.17) is 5.73 Å². The molecule has 0 radical (unpaired) electrons. The summed E-state index contributed by atoms with van der Waals surface area (Å²) in [4.78, 5) is 39.1. The molecule has 2 aliphatic rings. The molecule has 128 valence electrons. The molecule has 6 heteroatoms. The summed E-state index contributed by atoms with van der Waals surface area (Å²) in [5.41, 5.74) is 7.20. The third-order valence-electron chi connectivity index (χ3n) is 4.95. The maximum atomic E-state index is 12.6. The molecule has 0 spiro atoms. The zero-order valence-electron chi connectivity index (χ0n) is 13.9. The van der Waals surface area contributed by atoms with E-state index in [1.807, 2.05) is 24.0 Å². The molecule has 2 saturated heterocycles. The molecular formula is C18H23N3O3. The normalized spacial score (nSPS) is 24.1. The van der Waals surface area contributed by atoms with Crippen molar-refractivity contribution in [3.05, 3.63) is 35.4 Å². The standard InChI is InChI=1S/C18H23N3O3/c1-12-8-14(9-19)11-20(12)18(24)15-4-2-13(3-5-15)10-21-16(22)6-7-17(21)23/h2-5,12,14H,6-11,19H2,1H3. The Kier molecular flexibility index (Phi) is 4.66. The molecule has 2 heterocycles. The highest BCUT2D eigenvalue weighted by Gasteiger charge is 2.32. The molecule has 0 saturated carbocycles. The van der Waals surface area contributed by atoms with Crippen LogP contribution in [-0.4, -0.2) is 46.7 Å². The maximum absolute atomic E-state index is 12.6. The first-order valence-electron chi connectivity index (χ1n) is 8.42. The molecule has 2 N–H and O–H groups in total. The van der Waals surface area contributed by atoms with Crippen molar-refractivity contribution in [2.75, 3.05) is 13.1 Å². The van der Waals surface area contributed by atoms with Crippen LogP contribution in [0.2, 0.25) is 0 Å². The summed E-state index contributed by atoms with van der Waals surface area (Å²) < 4.78 is 0. The summed E-state index contributed by atoms with van der Waals surface area (Å²) in [6, 6.07) is 7.36. The van der Waals surface area contributed by atoms with Crippen molar-refractivity contribution in [2.45, 2.75) is 38.8 Å². The third kappa shape index (κ3) is 3.19. The second kappa shape index (κ2) is 6.73. The smallest absolute Gasteiger partial charge is 0.254 e. The fraction of sp³-hybridized carbons (Fsp3) is 0.500. The van der Waals surface area contributed by atoms with E-state index < -0.39 is 0 Å². The molecule has 24 heavy (non-hydrogen) atoms. The molecule has 2 atom stereocenters. The predicted octanol–water partition coefficient (Wildman–Crippen LogP) is 1.14. The van der Waals surface area contributed by atoms with Crippen LogP contribution in [-0.2, 0) is 16.1 Å². The first-order valence-corrected chi connectivity index (χ1v) is 8.42. The Morgan fingerprint density at radius 2 is 1.79 bits per heavy atom. The van der Waals surface area contributed by atoms with Crippen LogP contribution in [0, 0.1) is 5.92 Å². The number of rotatable bonds is 4. The van der Waals surface area contributed by atoms with Crippen LogP contribution in [0.25, 0.3) is 0 Å². The average molecular weight is 329 g/mol. The van der Waals surface area contributed by atoms with Crippen molar-refractivity contribution in [1.82, 2.24) is 9.80 Å². The Bertz CT molecular complexity index is 640.